The topological polar surface area (TPSA) is 175 Å². The highest BCUT2D eigenvalue weighted by molar-refractivity contribution is 6.05. The van der Waals surface area contributed by atoms with Gasteiger partial charge >= 0.3 is 0 Å². The number of amides is 4. The fourth-order valence-corrected chi connectivity index (χ4v) is 8.16. The number of carbonyl (C=O) groups excluding carboxylic acids is 4. The van der Waals surface area contributed by atoms with Gasteiger partial charge in [-0.05, 0) is 111 Å². The first-order valence-electron chi connectivity index (χ1n) is 19.9. The Bertz CT molecular complexity index is 1940. The van der Waals surface area contributed by atoms with E-state index in [2.05, 4.69) is 9.97 Å². The van der Waals surface area contributed by atoms with Gasteiger partial charge in [-0.1, -0.05) is 12.1 Å². The Hall–Kier alpha value is -5.90. The second-order valence-corrected chi connectivity index (χ2v) is 15.0. The number of methoxy groups -OCH3 is 2. The fourth-order valence-electron chi connectivity index (χ4n) is 8.16. The molecule has 312 valence electrons. The van der Waals surface area contributed by atoms with Gasteiger partial charge in [0.1, 0.15) is 0 Å². The standard InChI is InChI=1S/2C22H25N3O4.H2O/c2*1-24-18(13-21(26)25(24)22(27)16-6-5-11-23-14-16)15-9-10-19(28-2)20(12-15)29-17-7-3-4-8-17;/h2*5-6,9-12,14,17-18H,3-4,7-8,13H2,1-2H3;1H2. The van der Waals surface area contributed by atoms with E-state index >= 15 is 0 Å². The zero-order valence-corrected chi connectivity index (χ0v) is 33.9. The highest BCUT2D eigenvalue weighted by atomic mass is 16.5. The van der Waals surface area contributed by atoms with Crippen LogP contribution in [0.25, 0.3) is 0 Å². The third-order valence-corrected chi connectivity index (χ3v) is 11.3. The molecule has 15 heteroatoms. The van der Waals surface area contributed by atoms with Crippen molar-refractivity contribution in [2.45, 2.75) is 88.5 Å². The summed E-state index contributed by atoms with van der Waals surface area (Å²) in [7, 11) is 6.75. The summed E-state index contributed by atoms with van der Waals surface area (Å²) in [5.41, 5.74) is 2.59. The van der Waals surface area contributed by atoms with Crippen molar-refractivity contribution >= 4 is 23.6 Å². The number of benzene rings is 2. The van der Waals surface area contributed by atoms with E-state index in [1.165, 1.54) is 48.1 Å². The second kappa shape index (κ2) is 19.2. The van der Waals surface area contributed by atoms with E-state index in [0.717, 1.165) is 36.8 Å². The van der Waals surface area contributed by atoms with Crippen molar-refractivity contribution in [2.24, 2.45) is 0 Å². The molecule has 2 N–H and O–H groups in total. The third-order valence-electron chi connectivity index (χ3n) is 11.3. The summed E-state index contributed by atoms with van der Waals surface area (Å²) in [6.45, 7) is 0. The van der Waals surface area contributed by atoms with Gasteiger partial charge in [-0.25, -0.2) is 20.0 Å². The number of carbonyl (C=O) groups is 4. The smallest absolute Gasteiger partial charge is 0.276 e. The molecule has 15 nitrogen and oxygen atoms in total. The Labute approximate surface area is 344 Å². The lowest BCUT2D eigenvalue weighted by atomic mass is 10.0. The molecule has 2 saturated heterocycles. The lowest BCUT2D eigenvalue weighted by Crippen LogP contribution is -2.42. The first kappa shape index (κ1) is 42.7. The Morgan fingerprint density at radius 3 is 1.32 bits per heavy atom. The van der Waals surface area contributed by atoms with Crippen LogP contribution in [-0.4, -0.2) is 99.6 Å². The van der Waals surface area contributed by atoms with Gasteiger partial charge in [-0.15, -0.1) is 0 Å². The van der Waals surface area contributed by atoms with Crippen molar-refractivity contribution in [3.8, 4) is 23.0 Å². The average Bonchev–Trinajstić information content (AvgIpc) is 4.07. The molecule has 59 heavy (non-hydrogen) atoms. The SMILES string of the molecule is COc1ccc(C2CC(=O)N(C(=O)c3cccnc3)N2C)cc1OC1CCCC1.COc1ccc(C2CC(=O)N(C(=O)c3cccnc3)N2C)cc1OC1CCCC1.O. The number of rotatable bonds is 10. The van der Waals surface area contributed by atoms with E-state index in [9.17, 15) is 19.2 Å². The molecule has 4 aromatic rings. The summed E-state index contributed by atoms with van der Waals surface area (Å²) in [6.07, 6.45) is 15.9. The van der Waals surface area contributed by atoms with Crippen LogP contribution in [0.15, 0.2) is 85.5 Å². The van der Waals surface area contributed by atoms with Crippen molar-refractivity contribution in [3.63, 3.8) is 0 Å². The van der Waals surface area contributed by atoms with Crippen LogP contribution < -0.4 is 18.9 Å². The zero-order chi connectivity index (χ0) is 40.8. The fraction of sp³-hybridized carbons (Fsp3) is 0.409. The minimum Gasteiger partial charge on any atom is -0.493 e. The van der Waals surface area contributed by atoms with E-state index < -0.39 is 0 Å². The lowest BCUT2D eigenvalue weighted by Gasteiger charge is -2.27. The summed E-state index contributed by atoms with van der Waals surface area (Å²) in [4.78, 5) is 58.9. The number of hydrazine groups is 2. The van der Waals surface area contributed by atoms with Gasteiger partial charge < -0.3 is 24.4 Å². The first-order valence-corrected chi connectivity index (χ1v) is 19.9. The number of nitrogens with zero attached hydrogens (tertiary/aromatic N) is 6. The molecule has 2 aliphatic heterocycles. The molecule has 0 radical (unpaired) electrons. The summed E-state index contributed by atoms with van der Waals surface area (Å²) < 4.78 is 23.3. The van der Waals surface area contributed by atoms with Crippen LogP contribution in [0.2, 0.25) is 0 Å². The third kappa shape index (κ3) is 9.38. The molecule has 4 amide bonds. The Morgan fingerprint density at radius 2 is 0.983 bits per heavy atom. The minimum absolute atomic E-state index is 0. The van der Waals surface area contributed by atoms with Crippen LogP contribution in [0.5, 0.6) is 23.0 Å². The van der Waals surface area contributed by atoms with Gasteiger partial charge in [0.2, 0.25) is 11.8 Å². The van der Waals surface area contributed by atoms with Crippen molar-refractivity contribution in [1.82, 2.24) is 30.0 Å². The average molecular weight is 809 g/mol. The minimum atomic E-state index is -0.371. The second-order valence-electron chi connectivity index (χ2n) is 15.0. The quantitative estimate of drug-likeness (QED) is 0.173. The van der Waals surface area contributed by atoms with Gasteiger partial charge in [-0.3, -0.25) is 29.1 Å². The predicted molar refractivity (Wildman–Crippen MR) is 216 cm³/mol. The monoisotopic (exact) mass is 808 g/mol. The number of ether oxygens (including phenoxy) is 4. The molecule has 8 rings (SSSR count). The molecule has 2 unspecified atom stereocenters. The highest BCUT2D eigenvalue weighted by Gasteiger charge is 2.42. The van der Waals surface area contributed by atoms with Gasteiger partial charge in [0.15, 0.2) is 23.0 Å². The molecule has 2 aromatic carbocycles. The molecule has 2 saturated carbocycles. The van der Waals surface area contributed by atoms with E-state index in [0.29, 0.717) is 34.1 Å². The van der Waals surface area contributed by atoms with E-state index in [-0.39, 0.29) is 66.2 Å². The van der Waals surface area contributed by atoms with Crippen LogP contribution in [0, 0.1) is 0 Å². The van der Waals surface area contributed by atoms with Crippen LogP contribution in [-0.2, 0) is 9.59 Å². The summed E-state index contributed by atoms with van der Waals surface area (Å²) in [5, 5.41) is 5.78. The van der Waals surface area contributed by atoms with Crippen molar-refractivity contribution in [2.75, 3.05) is 28.3 Å². The van der Waals surface area contributed by atoms with Gasteiger partial charge in [0.25, 0.3) is 11.8 Å². The van der Waals surface area contributed by atoms with Crippen LogP contribution in [0.1, 0.15) is 108 Å². The lowest BCUT2D eigenvalue weighted by molar-refractivity contribution is -0.133. The van der Waals surface area contributed by atoms with E-state index in [4.69, 9.17) is 18.9 Å². The molecule has 4 heterocycles. The van der Waals surface area contributed by atoms with Crippen molar-refractivity contribution in [3.05, 3.63) is 108 Å². The maximum absolute atomic E-state index is 12.8. The maximum atomic E-state index is 12.8. The predicted octanol–water partition coefficient (Wildman–Crippen LogP) is 5.92. The van der Waals surface area contributed by atoms with E-state index in [1.54, 1.807) is 75.0 Å². The molecule has 2 aromatic heterocycles. The van der Waals surface area contributed by atoms with E-state index in [1.807, 2.05) is 36.4 Å². The van der Waals surface area contributed by atoms with Crippen LogP contribution >= 0.6 is 0 Å². The molecule has 2 aliphatic carbocycles. The van der Waals surface area contributed by atoms with Gasteiger partial charge in [0, 0.05) is 38.9 Å². The number of pyridine rings is 2. The molecular formula is C44H52N6O9. The summed E-state index contributed by atoms with van der Waals surface area (Å²) >= 11 is 0. The number of imide groups is 2. The van der Waals surface area contributed by atoms with Crippen molar-refractivity contribution < 1.29 is 43.6 Å². The largest absolute Gasteiger partial charge is 0.493 e. The molecule has 0 bridgehead atoms. The van der Waals surface area contributed by atoms with Gasteiger partial charge in [0.05, 0.1) is 62.5 Å². The zero-order valence-electron chi connectivity index (χ0n) is 33.9. The summed E-state index contributed by atoms with van der Waals surface area (Å²) in [5.74, 6) is 1.52. The maximum Gasteiger partial charge on any atom is 0.276 e. The van der Waals surface area contributed by atoms with Crippen LogP contribution in [0.4, 0.5) is 0 Å². The Balaban J connectivity index is 0.000000195. The number of aromatic nitrogens is 2. The first-order chi connectivity index (χ1) is 28.2. The summed E-state index contributed by atoms with van der Waals surface area (Å²) in [6, 6.07) is 17.6. The van der Waals surface area contributed by atoms with Gasteiger partial charge in [-0.2, -0.15) is 0 Å². The molecule has 4 fully saturated rings. The molecule has 0 spiro atoms. The Morgan fingerprint density at radius 1 is 0.593 bits per heavy atom. The normalized spacial score (nSPS) is 19.9. The number of hydrogen-bond donors (Lipinski definition) is 0. The van der Waals surface area contributed by atoms with Crippen LogP contribution in [0.3, 0.4) is 0 Å². The molecule has 2 atom stereocenters. The Kier molecular flexibility index (Phi) is 13.9. The molecular weight excluding hydrogens is 757 g/mol. The molecule has 4 aliphatic rings. The van der Waals surface area contributed by atoms with Crippen molar-refractivity contribution in [1.29, 1.82) is 0 Å². The highest BCUT2D eigenvalue weighted by Crippen LogP contribution is 2.40. The number of hydrogen-bond acceptors (Lipinski definition) is 12.